The Balaban J connectivity index is 3.20. The summed E-state index contributed by atoms with van der Waals surface area (Å²) in [5.74, 6) is -1.09. The highest BCUT2D eigenvalue weighted by atomic mass is 19.3. The zero-order chi connectivity index (χ0) is 9.14. The number of hydrogen-bond acceptors (Lipinski definition) is 2. The summed E-state index contributed by atoms with van der Waals surface area (Å²) in [6.07, 6.45) is -1.21. The van der Waals surface area contributed by atoms with Crippen molar-refractivity contribution < 1.29 is 18.3 Å². The Kier molecular flexibility index (Phi) is 2.65. The topological polar surface area (TPSA) is 33.1 Å². The lowest BCUT2D eigenvalue weighted by Crippen LogP contribution is -1.99. The monoisotopic (exact) mass is 177 g/mol. The molecule has 0 amide bonds. The van der Waals surface area contributed by atoms with Crippen molar-refractivity contribution in [1.82, 2.24) is 4.98 Å². The van der Waals surface area contributed by atoms with Gasteiger partial charge in [0.05, 0.1) is 18.4 Å². The molecule has 0 aromatic carbocycles. The highest BCUT2D eigenvalue weighted by Crippen LogP contribution is 2.24. The number of aliphatic hydroxyl groups is 1. The Hall–Kier alpha value is -1.10. The summed E-state index contributed by atoms with van der Waals surface area (Å²) in [5.41, 5.74) is -0.947. The molecule has 0 atom stereocenters. The number of halogens is 3. The number of nitrogens with zero attached hydrogens (tertiary/aromatic N) is 1. The molecule has 1 N–H and O–H groups in total. The van der Waals surface area contributed by atoms with Gasteiger partial charge in [0.1, 0.15) is 0 Å². The van der Waals surface area contributed by atoms with Gasteiger partial charge in [0.2, 0.25) is 0 Å². The van der Waals surface area contributed by atoms with Gasteiger partial charge in [0, 0.05) is 11.8 Å². The summed E-state index contributed by atoms with van der Waals surface area (Å²) in [5, 5.41) is 8.55. The summed E-state index contributed by atoms with van der Waals surface area (Å²) in [4.78, 5) is 3.33. The molecule has 0 aliphatic rings. The fourth-order valence-electron chi connectivity index (χ4n) is 0.856. The Morgan fingerprint density at radius 2 is 2.08 bits per heavy atom. The van der Waals surface area contributed by atoms with E-state index in [4.69, 9.17) is 5.11 Å². The summed E-state index contributed by atoms with van der Waals surface area (Å²) < 4.78 is 36.8. The van der Waals surface area contributed by atoms with E-state index in [2.05, 4.69) is 4.98 Å². The van der Waals surface area contributed by atoms with Crippen molar-refractivity contribution in [3.63, 3.8) is 0 Å². The summed E-state index contributed by atoms with van der Waals surface area (Å²) >= 11 is 0. The van der Waals surface area contributed by atoms with E-state index < -0.39 is 24.4 Å². The van der Waals surface area contributed by atoms with Gasteiger partial charge in [0.15, 0.2) is 5.82 Å². The second-order valence-electron chi connectivity index (χ2n) is 2.15. The van der Waals surface area contributed by atoms with Crippen LogP contribution in [0.2, 0.25) is 0 Å². The fraction of sp³-hybridized carbons (Fsp3) is 0.286. The van der Waals surface area contributed by atoms with Crippen molar-refractivity contribution in [3.05, 3.63) is 29.3 Å². The molecule has 1 heterocycles. The van der Waals surface area contributed by atoms with E-state index in [1.54, 1.807) is 0 Å². The standard InChI is InChI=1S/C7H6F3NO/c8-5-2-11-1-4(3-12)6(5)7(9)10/h1-2,7,12H,3H2. The molecular formula is C7H6F3NO. The first-order chi connectivity index (χ1) is 5.66. The fourth-order valence-corrected chi connectivity index (χ4v) is 0.856. The van der Waals surface area contributed by atoms with Gasteiger partial charge in [-0.1, -0.05) is 0 Å². The second kappa shape index (κ2) is 3.53. The van der Waals surface area contributed by atoms with Gasteiger partial charge in [0.25, 0.3) is 6.43 Å². The highest BCUT2D eigenvalue weighted by molar-refractivity contribution is 5.25. The minimum absolute atomic E-state index is 0.176. The van der Waals surface area contributed by atoms with E-state index in [-0.39, 0.29) is 5.56 Å². The van der Waals surface area contributed by atoms with Crippen LogP contribution in [0.25, 0.3) is 0 Å². The number of pyridine rings is 1. The molecule has 0 spiro atoms. The van der Waals surface area contributed by atoms with Crippen molar-refractivity contribution in [3.8, 4) is 0 Å². The minimum atomic E-state index is -2.92. The lowest BCUT2D eigenvalue weighted by Gasteiger charge is -2.05. The van der Waals surface area contributed by atoms with Crippen LogP contribution in [-0.4, -0.2) is 10.1 Å². The third-order valence-corrected chi connectivity index (χ3v) is 1.41. The lowest BCUT2D eigenvalue weighted by molar-refractivity contribution is 0.141. The predicted octanol–water partition coefficient (Wildman–Crippen LogP) is 1.65. The number of aromatic nitrogens is 1. The van der Waals surface area contributed by atoms with Crippen LogP contribution in [0.3, 0.4) is 0 Å². The van der Waals surface area contributed by atoms with Crippen LogP contribution < -0.4 is 0 Å². The number of hydrogen-bond donors (Lipinski definition) is 1. The van der Waals surface area contributed by atoms with Crippen LogP contribution in [0.4, 0.5) is 13.2 Å². The van der Waals surface area contributed by atoms with Gasteiger partial charge < -0.3 is 5.11 Å². The normalized spacial score (nSPS) is 10.8. The molecule has 12 heavy (non-hydrogen) atoms. The largest absolute Gasteiger partial charge is 0.392 e. The molecule has 1 aromatic heterocycles. The maximum Gasteiger partial charge on any atom is 0.267 e. The molecule has 0 fully saturated rings. The van der Waals surface area contributed by atoms with E-state index in [1.807, 2.05) is 0 Å². The van der Waals surface area contributed by atoms with Crippen LogP contribution in [0.15, 0.2) is 12.4 Å². The molecule has 0 saturated heterocycles. The molecule has 1 aromatic rings. The molecule has 0 saturated carbocycles. The molecule has 5 heteroatoms. The van der Waals surface area contributed by atoms with Crippen LogP contribution >= 0.6 is 0 Å². The smallest absolute Gasteiger partial charge is 0.267 e. The first kappa shape index (κ1) is 8.99. The highest BCUT2D eigenvalue weighted by Gasteiger charge is 2.17. The lowest BCUT2D eigenvalue weighted by atomic mass is 10.1. The molecule has 2 nitrogen and oxygen atoms in total. The van der Waals surface area contributed by atoms with Gasteiger partial charge in [-0.25, -0.2) is 13.2 Å². The molecular weight excluding hydrogens is 171 g/mol. The Morgan fingerprint density at radius 3 is 2.50 bits per heavy atom. The molecule has 66 valence electrons. The molecule has 1 rings (SSSR count). The van der Waals surface area contributed by atoms with Gasteiger partial charge in [-0.3, -0.25) is 4.98 Å². The third-order valence-electron chi connectivity index (χ3n) is 1.41. The van der Waals surface area contributed by atoms with Crippen molar-refractivity contribution >= 4 is 0 Å². The van der Waals surface area contributed by atoms with Crippen LogP contribution in [0.5, 0.6) is 0 Å². The van der Waals surface area contributed by atoms with Crippen LogP contribution in [0, 0.1) is 5.82 Å². The maximum absolute atomic E-state index is 12.6. The SMILES string of the molecule is OCc1cncc(F)c1C(F)F. The van der Waals surface area contributed by atoms with Crippen LogP contribution in [0.1, 0.15) is 17.6 Å². The van der Waals surface area contributed by atoms with E-state index in [9.17, 15) is 13.2 Å². The minimum Gasteiger partial charge on any atom is -0.392 e. The van der Waals surface area contributed by atoms with Gasteiger partial charge in [-0.05, 0) is 0 Å². The van der Waals surface area contributed by atoms with Crippen molar-refractivity contribution in [2.45, 2.75) is 13.0 Å². The Bertz CT molecular complexity index is 277. The van der Waals surface area contributed by atoms with Gasteiger partial charge in [-0.15, -0.1) is 0 Å². The molecule has 0 aliphatic carbocycles. The zero-order valence-electron chi connectivity index (χ0n) is 5.97. The van der Waals surface area contributed by atoms with E-state index in [0.717, 1.165) is 6.20 Å². The molecule has 0 aliphatic heterocycles. The average Bonchev–Trinajstić information content (AvgIpc) is 2.03. The average molecular weight is 177 g/mol. The number of aliphatic hydroxyl groups excluding tert-OH is 1. The molecule has 0 bridgehead atoms. The molecule has 0 unspecified atom stereocenters. The van der Waals surface area contributed by atoms with Gasteiger partial charge >= 0.3 is 0 Å². The van der Waals surface area contributed by atoms with Crippen molar-refractivity contribution in [2.24, 2.45) is 0 Å². The van der Waals surface area contributed by atoms with E-state index >= 15 is 0 Å². The van der Waals surface area contributed by atoms with E-state index in [0.29, 0.717) is 6.20 Å². The maximum atomic E-state index is 12.6. The predicted molar refractivity (Wildman–Crippen MR) is 35.1 cm³/mol. The van der Waals surface area contributed by atoms with Gasteiger partial charge in [-0.2, -0.15) is 0 Å². The van der Waals surface area contributed by atoms with Crippen molar-refractivity contribution in [1.29, 1.82) is 0 Å². The Morgan fingerprint density at radius 1 is 1.42 bits per heavy atom. The second-order valence-corrected chi connectivity index (χ2v) is 2.15. The zero-order valence-corrected chi connectivity index (χ0v) is 5.97. The van der Waals surface area contributed by atoms with Crippen molar-refractivity contribution in [2.75, 3.05) is 0 Å². The first-order valence-corrected chi connectivity index (χ1v) is 3.18. The summed E-state index contributed by atoms with van der Waals surface area (Å²) in [6.45, 7) is -0.634. The number of rotatable bonds is 2. The van der Waals surface area contributed by atoms with E-state index in [1.165, 1.54) is 0 Å². The quantitative estimate of drug-likeness (QED) is 0.745. The summed E-state index contributed by atoms with van der Waals surface area (Å²) in [6, 6.07) is 0. The summed E-state index contributed by atoms with van der Waals surface area (Å²) in [7, 11) is 0. The molecule has 0 radical (unpaired) electrons. The van der Waals surface area contributed by atoms with Crippen LogP contribution in [-0.2, 0) is 6.61 Å². The number of alkyl halides is 2. The first-order valence-electron chi connectivity index (χ1n) is 3.18. The Labute approximate surface area is 66.7 Å². The third kappa shape index (κ3) is 1.55.